The summed E-state index contributed by atoms with van der Waals surface area (Å²) in [6.45, 7) is 1.87. The lowest BCUT2D eigenvalue weighted by molar-refractivity contribution is -0.122. The average molecular weight is 354 g/mol. The lowest BCUT2D eigenvalue weighted by Gasteiger charge is -2.18. The SMILES string of the molecule is CC[C@@H](Oc1ccc(Cl)cc1)C(=O)Nc1cc(Cl)ccc1OC. The highest BCUT2D eigenvalue weighted by atomic mass is 35.5. The lowest BCUT2D eigenvalue weighted by Crippen LogP contribution is -2.32. The lowest BCUT2D eigenvalue weighted by atomic mass is 10.2. The Labute approximate surface area is 145 Å². The number of carbonyl (C=O) groups excluding carboxylic acids is 1. The van der Waals surface area contributed by atoms with Crippen LogP contribution in [0.3, 0.4) is 0 Å². The number of hydrogen-bond acceptors (Lipinski definition) is 3. The summed E-state index contributed by atoms with van der Waals surface area (Å²) in [5, 5.41) is 3.90. The third-order valence-corrected chi connectivity index (χ3v) is 3.66. The van der Waals surface area contributed by atoms with Crippen molar-refractivity contribution < 1.29 is 14.3 Å². The Balaban J connectivity index is 2.11. The van der Waals surface area contributed by atoms with Gasteiger partial charge in [-0.15, -0.1) is 0 Å². The number of nitrogens with one attached hydrogen (secondary N) is 1. The number of amides is 1. The molecule has 1 atom stereocenters. The molecule has 2 aromatic carbocycles. The van der Waals surface area contributed by atoms with Crippen LogP contribution in [0.5, 0.6) is 11.5 Å². The molecule has 0 spiro atoms. The van der Waals surface area contributed by atoms with Crippen LogP contribution in [0.2, 0.25) is 10.0 Å². The van der Waals surface area contributed by atoms with Crippen LogP contribution in [-0.2, 0) is 4.79 Å². The minimum atomic E-state index is -0.639. The Morgan fingerprint density at radius 3 is 2.39 bits per heavy atom. The molecule has 0 aliphatic rings. The Morgan fingerprint density at radius 1 is 1.13 bits per heavy atom. The van der Waals surface area contributed by atoms with Crippen LogP contribution in [0.15, 0.2) is 42.5 Å². The third-order valence-electron chi connectivity index (χ3n) is 3.17. The van der Waals surface area contributed by atoms with E-state index in [2.05, 4.69) is 5.32 Å². The van der Waals surface area contributed by atoms with Gasteiger partial charge in [-0.05, 0) is 48.9 Å². The van der Waals surface area contributed by atoms with E-state index in [4.69, 9.17) is 32.7 Å². The van der Waals surface area contributed by atoms with E-state index in [0.717, 1.165) is 0 Å². The van der Waals surface area contributed by atoms with Crippen molar-refractivity contribution in [3.63, 3.8) is 0 Å². The summed E-state index contributed by atoms with van der Waals surface area (Å²) >= 11 is 11.8. The fourth-order valence-electron chi connectivity index (χ4n) is 1.99. The fourth-order valence-corrected chi connectivity index (χ4v) is 2.29. The number of rotatable bonds is 6. The number of anilines is 1. The van der Waals surface area contributed by atoms with Crippen LogP contribution in [0.1, 0.15) is 13.3 Å². The maximum atomic E-state index is 12.4. The summed E-state index contributed by atoms with van der Waals surface area (Å²) < 4.78 is 10.9. The molecule has 2 aromatic rings. The predicted molar refractivity (Wildman–Crippen MR) is 92.8 cm³/mol. The van der Waals surface area contributed by atoms with Crippen LogP contribution in [0.25, 0.3) is 0 Å². The molecule has 0 fully saturated rings. The van der Waals surface area contributed by atoms with Crippen LogP contribution in [-0.4, -0.2) is 19.1 Å². The molecule has 122 valence electrons. The number of methoxy groups -OCH3 is 1. The second-order valence-corrected chi connectivity index (χ2v) is 5.68. The molecule has 0 saturated carbocycles. The second kappa shape index (κ2) is 8.09. The van der Waals surface area contributed by atoms with Crippen molar-refractivity contribution in [3.8, 4) is 11.5 Å². The average Bonchev–Trinajstić information content (AvgIpc) is 2.54. The van der Waals surface area contributed by atoms with Crippen molar-refractivity contribution in [2.24, 2.45) is 0 Å². The number of ether oxygens (including phenoxy) is 2. The van der Waals surface area contributed by atoms with Crippen molar-refractivity contribution in [1.82, 2.24) is 0 Å². The first-order valence-electron chi connectivity index (χ1n) is 7.10. The number of hydrogen-bond donors (Lipinski definition) is 1. The minimum Gasteiger partial charge on any atom is -0.495 e. The van der Waals surface area contributed by atoms with Crippen LogP contribution in [0.4, 0.5) is 5.69 Å². The number of halogens is 2. The first-order chi connectivity index (χ1) is 11.0. The quantitative estimate of drug-likeness (QED) is 0.811. The Hall–Kier alpha value is -1.91. The maximum Gasteiger partial charge on any atom is 0.265 e. The fraction of sp³-hybridized carbons (Fsp3) is 0.235. The van der Waals surface area contributed by atoms with E-state index in [0.29, 0.717) is 33.7 Å². The summed E-state index contributed by atoms with van der Waals surface area (Å²) in [5.41, 5.74) is 0.503. The van der Waals surface area contributed by atoms with Gasteiger partial charge in [0, 0.05) is 10.0 Å². The predicted octanol–water partition coefficient (Wildman–Crippen LogP) is 4.80. The zero-order valence-corrected chi connectivity index (χ0v) is 14.3. The minimum absolute atomic E-state index is 0.275. The van der Waals surface area contributed by atoms with E-state index in [1.165, 1.54) is 7.11 Å². The largest absolute Gasteiger partial charge is 0.495 e. The molecule has 4 nitrogen and oxygen atoms in total. The summed E-state index contributed by atoms with van der Waals surface area (Å²) in [6, 6.07) is 11.9. The zero-order chi connectivity index (χ0) is 16.8. The van der Waals surface area contributed by atoms with Gasteiger partial charge in [0.15, 0.2) is 6.10 Å². The molecule has 23 heavy (non-hydrogen) atoms. The smallest absolute Gasteiger partial charge is 0.265 e. The molecule has 0 aliphatic carbocycles. The van der Waals surface area contributed by atoms with Crippen molar-refractivity contribution in [3.05, 3.63) is 52.5 Å². The highest BCUT2D eigenvalue weighted by Crippen LogP contribution is 2.28. The normalized spacial score (nSPS) is 11.7. The highest BCUT2D eigenvalue weighted by molar-refractivity contribution is 6.31. The summed E-state index contributed by atoms with van der Waals surface area (Å²) in [5.74, 6) is 0.835. The molecule has 0 saturated heterocycles. The van der Waals surface area contributed by atoms with Gasteiger partial charge in [-0.2, -0.15) is 0 Å². The van der Waals surface area contributed by atoms with Gasteiger partial charge in [-0.25, -0.2) is 0 Å². The second-order valence-electron chi connectivity index (χ2n) is 4.80. The van der Waals surface area contributed by atoms with Gasteiger partial charge in [0.05, 0.1) is 12.8 Å². The number of benzene rings is 2. The van der Waals surface area contributed by atoms with E-state index in [-0.39, 0.29) is 5.91 Å². The van der Waals surface area contributed by atoms with Crippen LogP contribution < -0.4 is 14.8 Å². The Kier molecular flexibility index (Phi) is 6.13. The van der Waals surface area contributed by atoms with Crippen LogP contribution >= 0.6 is 23.2 Å². The first-order valence-corrected chi connectivity index (χ1v) is 7.85. The molecule has 0 unspecified atom stereocenters. The summed E-state index contributed by atoms with van der Waals surface area (Å²) in [6.07, 6.45) is -0.128. The van der Waals surface area contributed by atoms with E-state index >= 15 is 0 Å². The molecule has 0 radical (unpaired) electrons. The molecule has 6 heteroatoms. The molecule has 2 rings (SSSR count). The van der Waals surface area contributed by atoms with Crippen LogP contribution in [0, 0.1) is 0 Å². The molecule has 0 heterocycles. The zero-order valence-electron chi connectivity index (χ0n) is 12.8. The van der Waals surface area contributed by atoms with E-state index in [1.807, 2.05) is 6.92 Å². The van der Waals surface area contributed by atoms with Crippen molar-refractivity contribution in [1.29, 1.82) is 0 Å². The Bertz CT molecular complexity index is 674. The molecule has 0 bridgehead atoms. The van der Waals surface area contributed by atoms with E-state index in [1.54, 1.807) is 42.5 Å². The van der Waals surface area contributed by atoms with Gasteiger partial charge in [0.1, 0.15) is 11.5 Å². The first kappa shape index (κ1) is 17.4. The van der Waals surface area contributed by atoms with Gasteiger partial charge in [0.25, 0.3) is 5.91 Å². The van der Waals surface area contributed by atoms with Gasteiger partial charge in [0.2, 0.25) is 0 Å². The van der Waals surface area contributed by atoms with Gasteiger partial charge in [-0.1, -0.05) is 30.1 Å². The van der Waals surface area contributed by atoms with Crippen molar-refractivity contribution in [2.45, 2.75) is 19.4 Å². The molecular weight excluding hydrogens is 337 g/mol. The van der Waals surface area contributed by atoms with Gasteiger partial charge in [-0.3, -0.25) is 4.79 Å². The standard InChI is InChI=1S/C17H17Cl2NO3/c1-3-15(23-13-7-4-11(18)5-8-13)17(21)20-14-10-12(19)6-9-16(14)22-2/h4-10,15H,3H2,1-2H3,(H,20,21)/t15-/m1/s1. The Morgan fingerprint density at radius 2 is 1.78 bits per heavy atom. The third kappa shape index (κ3) is 4.78. The van der Waals surface area contributed by atoms with Gasteiger partial charge < -0.3 is 14.8 Å². The molecule has 0 aromatic heterocycles. The molecule has 0 aliphatic heterocycles. The van der Waals surface area contributed by atoms with E-state index in [9.17, 15) is 4.79 Å². The topological polar surface area (TPSA) is 47.6 Å². The van der Waals surface area contributed by atoms with E-state index < -0.39 is 6.10 Å². The molecule has 1 N–H and O–H groups in total. The summed E-state index contributed by atoms with van der Waals surface area (Å²) in [4.78, 5) is 12.4. The monoisotopic (exact) mass is 353 g/mol. The number of carbonyl (C=O) groups is 1. The van der Waals surface area contributed by atoms with Gasteiger partial charge >= 0.3 is 0 Å². The van der Waals surface area contributed by atoms with Crippen molar-refractivity contribution in [2.75, 3.05) is 12.4 Å². The molecule has 1 amide bonds. The summed E-state index contributed by atoms with van der Waals surface area (Å²) in [7, 11) is 1.53. The van der Waals surface area contributed by atoms with Crippen molar-refractivity contribution >= 4 is 34.8 Å². The maximum absolute atomic E-state index is 12.4. The molecular formula is C17H17Cl2NO3. The highest BCUT2D eigenvalue weighted by Gasteiger charge is 2.20.